The molecule has 0 heterocycles. The van der Waals surface area contributed by atoms with E-state index in [0.717, 1.165) is 0 Å². The summed E-state index contributed by atoms with van der Waals surface area (Å²) in [6.45, 7) is 0. The van der Waals surface area contributed by atoms with Crippen LogP contribution < -0.4 is 4.13 Å². The van der Waals surface area contributed by atoms with Gasteiger partial charge in [-0.15, -0.1) is 4.13 Å². The molecule has 2 aromatic rings. The summed E-state index contributed by atoms with van der Waals surface area (Å²) in [6, 6.07) is 14.6. The van der Waals surface area contributed by atoms with E-state index in [-0.39, 0.29) is 61.2 Å². The maximum absolute atomic E-state index is 11.9. The molecule has 20 heavy (non-hydrogen) atoms. The van der Waals surface area contributed by atoms with Crippen molar-refractivity contribution in [1.29, 1.82) is 0 Å². The van der Waals surface area contributed by atoms with E-state index < -0.39 is 20.0 Å². The Morgan fingerprint density at radius 3 is 1.20 bits per heavy atom. The van der Waals surface area contributed by atoms with Gasteiger partial charge in [0.2, 0.25) is 0 Å². The van der Waals surface area contributed by atoms with Gasteiger partial charge in [0.15, 0.2) is 0 Å². The van der Waals surface area contributed by atoms with Crippen molar-refractivity contribution in [3.63, 3.8) is 0 Å². The normalized spacial score (nSPS) is 11.6. The molecule has 0 unspecified atom stereocenters. The fourth-order valence-corrected chi connectivity index (χ4v) is 4.40. The van der Waals surface area contributed by atoms with Gasteiger partial charge in [-0.25, -0.2) is 16.8 Å². The predicted molar refractivity (Wildman–Crippen MR) is 77.5 cm³/mol. The summed E-state index contributed by atoms with van der Waals surface area (Å²) in [4.78, 5) is -0.205. The molecule has 2 rings (SSSR count). The van der Waals surface area contributed by atoms with Crippen LogP contribution in [0.15, 0.2) is 70.5 Å². The Balaban J connectivity index is 0.00000200. The van der Waals surface area contributed by atoms with E-state index in [9.17, 15) is 16.8 Å². The molecule has 0 aliphatic heterocycles. The molecule has 0 aliphatic carbocycles. The van der Waals surface area contributed by atoms with Gasteiger partial charge in [-0.3, -0.25) is 0 Å². The van der Waals surface area contributed by atoms with Gasteiger partial charge < -0.3 is 0 Å². The Labute approximate surface area is 160 Å². The monoisotopic (exact) mass is 337 g/mol. The zero-order chi connectivity index (χ0) is 13.9. The number of benzene rings is 2. The second kappa shape index (κ2) is 7.28. The summed E-state index contributed by atoms with van der Waals surface area (Å²) < 4.78 is 49.4. The molecule has 0 atom stereocenters. The first-order valence-electron chi connectivity index (χ1n) is 5.30. The first-order valence-corrected chi connectivity index (χ1v) is 8.27. The van der Waals surface area contributed by atoms with Gasteiger partial charge in [0, 0.05) is 0 Å². The Hall–Kier alpha value is -0.0636. The molecule has 0 aromatic heterocycles. The summed E-state index contributed by atoms with van der Waals surface area (Å²) in [6.07, 6.45) is 0. The van der Waals surface area contributed by atoms with Gasteiger partial charge in [-0.1, -0.05) is 36.4 Å². The van der Waals surface area contributed by atoms with E-state index in [0.29, 0.717) is 0 Å². The summed E-state index contributed by atoms with van der Waals surface area (Å²) in [5.41, 5.74) is 0. The van der Waals surface area contributed by atoms with Gasteiger partial charge in [0.1, 0.15) is 0 Å². The number of rotatable bonds is 4. The van der Waals surface area contributed by atoms with Crippen molar-refractivity contribution >= 4 is 71.4 Å². The van der Waals surface area contributed by atoms with Crippen LogP contribution in [0.1, 0.15) is 0 Å². The molecular weight excluding hydrogens is 325 g/mol. The Morgan fingerprint density at radius 1 is 0.600 bits per heavy atom. The van der Waals surface area contributed by atoms with Crippen molar-refractivity contribution < 1.29 is 16.8 Å². The van der Waals surface area contributed by atoms with Gasteiger partial charge in [0.05, 0.1) is 9.79 Å². The van der Waals surface area contributed by atoms with Crippen LogP contribution in [0.4, 0.5) is 0 Å². The Bertz CT molecular complexity index is 692. The number of hydrogen-bond acceptors (Lipinski definition) is 4. The van der Waals surface area contributed by atoms with Crippen molar-refractivity contribution in [3.05, 3.63) is 60.7 Å². The second-order valence-electron chi connectivity index (χ2n) is 3.72. The molecule has 1 N–H and O–H groups in total. The third kappa shape index (κ3) is 4.47. The average Bonchev–Trinajstić information content (AvgIpc) is 2.40. The fourth-order valence-electron chi connectivity index (χ4n) is 1.44. The van der Waals surface area contributed by atoms with Crippen molar-refractivity contribution in [3.8, 4) is 0 Å². The minimum atomic E-state index is -4.10. The van der Waals surface area contributed by atoms with E-state index in [4.69, 9.17) is 0 Å². The Morgan fingerprint density at radius 2 is 0.900 bits per heavy atom. The summed E-state index contributed by atoms with van der Waals surface area (Å²) in [5, 5.41) is 0. The molecule has 0 aliphatic rings. The molecule has 0 saturated carbocycles. The molecule has 0 bridgehead atoms. The maximum atomic E-state index is 11.9. The zero-order valence-corrected chi connectivity index (χ0v) is 11.4. The molecule has 0 fully saturated rings. The van der Waals surface area contributed by atoms with Crippen LogP contribution in [0, 0.1) is 0 Å². The Kier molecular flexibility index (Phi) is 6.54. The van der Waals surface area contributed by atoms with E-state index >= 15 is 0 Å². The molecule has 0 spiro atoms. The SMILES string of the molecule is O=S(=O)(NS(=O)(=O)c1ccccc1)c1ccccc1.[KH]. The standard InChI is InChI=1S/C12H11NO4S2.K.H/c14-18(15,11-7-3-1-4-8-11)13-19(16,17)12-9-5-2-6-10-12;;/h1-10,13H;;. The van der Waals surface area contributed by atoms with E-state index in [2.05, 4.69) is 0 Å². The molecule has 0 saturated heterocycles. The number of sulfonamides is 2. The third-order valence-electron chi connectivity index (χ3n) is 2.33. The summed E-state index contributed by atoms with van der Waals surface area (Å²) >= 11 is 0. The first kappa shape index (κ1) is 18.0. The van der Waals surface area contributed by atoms with Crippen LogP contribution in [-0.2, 0) is 20.0 Å². The van der Waals surface area contributed by atoms with Crippen molar-refractivity contribution in [2.45, 2.75) is 9.79 Å². The van der Waals surface area contributed by atoms with Crippen molar-refractivity contribution in [2.24, 2.45) is 0 Å². The van der Waals surface area contributed by atoms with Crippen LogP contribution in [0.25, 0.3) is 0 Å². The van der Waals surface area contributed by atoms with Crippen LogP contribution in [0.5, 0.6) is 0 Å². The summed E-state index contributed by atoms with van der Waals surface area (Å²) in [7, 11) is -8.21. The van der Waals surface area contributed by atoms with Crippen molar-refractivity contribution in [2.75, 3.05) is 0 Å². The zero-order valence-electron chi connectivity index (χ0n) is 9.72. The van der Waals surface area contributed by atoms with E-state index in [1.807, 2.05) is 0 Å². The molecule has 5 nitrogen and oxygen atoms in total. The van der Waals surface area contributed by atoms with Crippen LogP contribution in [-0.4, -0.2) is 68.2 Å². The quantitative estimate of drug-likeness (QED) is 0.833. The van der Waals surface area contributed by atoms with E-state index in [1.165, 1.54) is 48.5 Å². The fraction of sp³-hybridized carbons (Fsp3) is 0. The number of nitrogens with one attached hydrogen (secondary N) is 1. The first-order chi connectivity index (χ1) is 8.92. The molecule has 8 heteroatoms. The molecule has 102 valence electrons. The van der Waals surface area contributed by atoms with Crippen LogP contribution in [0.3, 0.4) is 0 Å². The van der Waals surface area contributed by atoms with Gasteiger partial charge in [-0.05, 0) is 24.3 Å². The predicted octanol–water partition coefficient (Wildman–Crippen LogP) is 0.705. The molecule has 0 radical (unpaired) electrons. The molecular formula is C12H12KNO4S2. The van der Waals surface area contributed by atoms with Crippen LogP contribution >= 0.6 is 0 Å². The molecule has 2 aromatic carbocycles. The second-order valence-corrected chi connectivity index (χ2v) is 7.34. The summed E-state index contributed by atoms with van der Waals surface area (Å²) in [5.74, 6) is 0. The average molecular weight is 337 g/mol. The third-order valence-corrected chi connectivity index (χ3v) is 5.87. The van der Waals surface area contributed by atoms with Gasteiger partial charge in [0.25, 0.3) is 20.0 Å². The van der Waals surface area contributed by atoms with Gasteiger partial charge in [-0.2, -0.15) is 0 Å². The minimum absolute atomic E-state index is 0. The number of hydrogen-bond donors (Lipinski definition) is 1. The van der Waals surface area contributed by atoms with Crippen molar-refractivity contribution in [1.82, 2.24) is 4.13 Å². The van der Waals surface area contributed by atoms with Crippen LogP contribution in [0.2, 0.25) is 0 Å². The van der Waals surface area contributed by atoms with Gasteiger partial charge >= 0.3 is 51.4 Å². The topological polar surface area (TPSA) is 80.3 Å². The van der Waals surface area contributed by atoms with E-state index in [1.54, 1.807) is 16.3 Å². The molecule has 0 amide bonds.